The van der Waals surface area contributed by atoms with Crippen LogP contribution in [0, 0.1) is 11.7 Å². The quantitative estimate of drug-likeness (QED) is 0.671. The van der Waals surface area contributed by atoms with Crippen molar-refractivity contribution in [1.82, 2.24) is 9.88 Å². The average Bonchev–Trinajstić information content (AvgIpc) is 2.73. The molecule has 1 saturated heterocycles. The smallest absolute Gasteiger partial charge is 0.221 e. The molecule has 150 valence electrons. The van der Waals surface area contributed by atoms with Crippen molar-refractivity contribution in [3.8, 4) is 0 Å². The fraction of sp³-hybridized carbons (Fsp3) is 0.304. The Balaban J connectivity index is 1.43. The third-order valence-electron chi connectivity index (χ3n) is 5.51. The molecule has 6 heteroatoms. The van der Waals surface area contributed by atoms with Gasteiger partial charge in [0.25, 0.3) is 0 Å². The molecule has 3 aromatic rings. The van der Waals surface area contributed by atoms with Crippen LogP contribution >= 0.6 is 0 Å². The van der Waals surface area contributed by atoms with E-state index in [1.807, 2.05) is 18.2 Å². The molecule has 29 heavy (non-hydrogen) atoms. The number of piperidine rings is 1. The number of halogens is 1. The van der Waals surface area contributed by atoms with Crippen LogP contribution in [0.3, 0.4) is 0 Å². The molecular weight excluding hydrogens is 367 g/mol. The molecule has 0 spiro atoms. The lowest BCUT2D eigenvalue weighted by Gasteiger charge is -2.31. The number of carbonyl (C=O) groups excluding carboxylic acids is 1. The van der Waals surface area contributed by atoms with Crippen molar-refractivity contribution >= 4 is 22.5 Å². The number of hydrogen-bond acceptors (Lipinski definition) is 4. The summed E-state index contributed by atoms with van der Waals surface area (Å²) in [5.74, 6) is -0.563. The van der Waals surface area contributed by atoms with Crippen molar-refractivity contribution in [2.24, 2.45) is 11.7 Å². The van der Waals surface area contributed by atoms with Gasteiger partial charge in [-0.1, -0.05) is 36.4 Å². The Labute approximate surface area is 169 Å². The highest BCUT2D eigenvalue weighted by Crippen LogP contribution is 2.24. The molecule has 4 rings (SSSR count). The lowest BCUT2D eigenvalue weighted by atomic mass is 9.97. The summed E-state index contributed by atoms with van der Waals surface area (Å²) in [6.45, 7) is 3.15. The van der Waals surface area contributed by atoms with E-state index in [1.54, 1.807) is 12.3 Å². The first-order valence-corrected chi connectivity index (χ1v) is 9.97. The number of nitrogens with two attached hydrogens (primary N) is 1. The Bertz CT molecular complexity index is 1020. The van der Waals surface area contributed by atoms with Gasteiger partial charge >= 0.3 is 0 Å². The van der Waals surface area contributed by atoms with Crippen LogP contribution in [0.15, 0.2) is 54.7 Å². The molecule has 1 aliphatic rings. The molecule has 3 N–H and O–H groups in total. The number of likely N-dealkylation sites (tertiary alicyclic amines) is 1. The minimum Gasteiger partial charge on any atom is -0.380 e. The van der Waals surface area contributed by atoms with Crippen molar-refractivity contribution in [2.75, 3.05) is 18.4 Å². The molecule has 1 atom stereocenters. The zero-order valence-electron chi connectivity index (χ0n) is 16.3. The zero-order chi connectivity index (χ0) is 20.2. The predicted molar refractivity (Wildman–Crippen MR) is 113 cm³/mol. The number of benzene rings is 2. The lowest BCUT2D eigenvalue weighted by Crippen LogP contribution is -2.40. The van der Waals surface area contributed by atoms with Gasteiger partial charge in [-0.25, -0.2) is 4.39 Å². The van der Waals surface area contributed by atoms with E-state index in [2.05, 4.69) is 33.4 Å². The van der Waals surface area contributed by atoms with E-state index in [1.165, 1.54) is 11.6 Å². The Morgan fingerprint density at radius 2 is 2.03 bits per heavy atom. The maximum absolute atomic E-state index is 14.0. The minimum atomic E-state index is -0.316. The monoisotopic (exact) mass is 392 g/mol. The van der Waals surface area contributed by atoms with Crippen LogP contribution in [-0.4, -0.2) is 28.9 Å². The van der Waals surface area contributed by atoms with Gasteiger partial charge in [-0.05, 0) is 42.6 Å². The number of nitrogens with one attached hydrogen (secondary N) is 1. The fourth-order valence-corrected chi connectivity index (χ4v) is 4.02. The maximum atomic E-state index is 14.0. The van der Waals surface area contributed by atoms with E-state index in [0.717, 1.165) is 49.1 Å². The topological polar surface area (TPSA) is 71.2 Å². The molecule has 2 aromatic carbocycles. The van der Waals surface area contributed by atoms with E-state index in [0.29, 0.717) is 12.1 Å². The molecule has 0 unspecified atom stereocenters. The van der Waals surface area contributed by atoms with Crippen molar-refractivity contribution < 1.29 is 9.18 Å². The van der Waals surface area contributed by atoms with Gasteiger partial charge in [-0.15, -0.1) is 0 Å². The van der Waals surface area contributed by atoms with Crippen LogP contribution in [0.25, 0.3) is 10.9 Å². The summed E-state index contributed by atoms with van der Waals surface area (Å²) in [6.07, 6.45) is 3.51. The van der Waals surface area contributed by atoms with Crippen LogP contribution in [0.4, 0.5) is 10.1 Å². The number of carbonyl (C=O) groups is 1. The highest BCUT2D eigenvalue weighted by atomic mass is 19.1. The summed E-state index contributed by atoms with van der Waals surface area (Å²) in [7, 11) is 0. The van der Waals surface area contributed by atoms with E-state index in [4.69, 9.17) is 5.73 Å². The number of pyridine rings is 1. The number of aromatic nitrogens is 1. The highest BCUT2D eigenvalue weighted by Gasteiger charge is 2.23. The second-order valence-electron chi connectivity index (χ2n) is 7.64. The lowest BCUT2D eigenvalue weighted by molar-refractivity contribution is -0.123. The molecule has 1 amide bonds. The van der Waals surface area contributed by atoms with Crippen LogP contribution < -0.4 is 11.1 Å². The molecule has 0 bridgehead atoms. The van der Waals surface area contributed by atoms with Crippen LogP contribution in [-0.2, 0) is 17.9 Å². The third kappa shape index (κ3) is 4.54. The summed E-state index contributed by atoms with van der Waals surface area (Å²) in [6, 6.07) is 15.3. The largest absolute Gasteiger partial charge is 0.380 e. The molecule has 2 heterocycles. The van der Waals surface area contributed by atoms with Crippen molar-refractivity contribution in [1.29, 1.82) is 0 Å². The summed E-state index contributed by atoms with van der Waals surface area (Å²) in [4.78, 5) is 17.9. The van der Waals surface area contributed by atoms with Crippen LogP contribution in [0.1, 0.15) is 24.0 Å². The summed E-state index contributed by atoms with van der Waals surface area (Å²) in [5, 5.41) is 4.18. The van der Waals surface area contributed by atoms with Crippen LogP contribution in [0.2, 0.25) is 0 Å². The van der Waals surface area contributed by atoms with Crippen molar-refractivity contribution in [3.63, 3.8) is 0 Å². The Kier molecular flexibility index (Phi) is 5.71. The number of rotatable bonds is 6. The molecular formula is C23H25FN4O. The Morgan fingerprint density at radius 3 is 2.90 bits per heavy atom. The third-order valence-corrected chi connectivity index (χ3v) is 5.51. The van der Waals surface area contributed by atoms with Crippen LogP contribution in [0.5, 0.6) is 0 Å². The Hall–Kier alpha value is -2.99. The minimum absolute atomic E-state index is 0.0473. The molecule has 0 saturated carbocycles. The van der Waals surface area contributed by atoms with Gasteiger partial charge < -0.3 is 11.1 Å². The first-order valence-electron chi connectivity index (χ1n) is 9.97. The van der Waals surface area contributed by atoms with E-state index < -0.39 is 0 Å². The average molecular weight is 392 g/mol. The summed E-state index contributed by atoms with van der Waals surface area (Å²) in [5.41, 5.74) is 9.08. The van der Waals surface area contributed by atoms with Crippen molar-refractivity contribution in [3.05, 3.63) is 71.7 Å². The van der Waals surface area contributed by atoms with E-state index in [-0.39, 0.29) is 17.6 Å². The Morgan fingerprint density at radius 1 is 1.21 bits per heavy atom. The fourth-order valence-electron chi connectivity index (χ4n) is 4.02. The number of nitrogens with zero attached hydrogens (tertiary/aromatic N) is 2. The number of fused-ring (bicyclic) bond motifs is 1. The van der Waals surface area contributed by atoms with Crippen molar-refractivity contribution in [2.45, 2.75) is 25.9 Å². The molecule has 0 aliphatic carbocycles. The number of primary amides is 1. The maximum Gasteiger partial charge on any atom is 0.221 e. The first-order chi connectivity index (χ1) is 14.1. The van der Waals surface area contributed by atoms with E-state index in [9.17, 15) is 9.18 Å². The number of anilines is 1. The molecule has 1 aliphatic heterocycles. The second kappa shape index (κ2) is 8.57. The molecule has 0 radical (unpaired) electrons. The molecule has 1 fully saturated rings. The van der Waals surface area contributed by atoms with Gasteiger partial charge in [0, 0.05) is 36.9 Å². The van der Waals surface area contributed by atoms with Gasteiger partial charge in [0.1, 0.15) is 11.3 Å². The highest BCUT2D eigenvalue weighted by molar-refractivity contribution is 5.91. The van der Waals surface area contributed by atoms with Gasteiger partial charge in [0.05, 0.1) is 5.92 Å². The summed E-state index contributed by atoms with van der Waals surface area (Å²) >= 11 is 0. The second-order valence-corrected chi connectivity index (χ2v) is 7.64. The molecule has 1 aromatic heterocycles. The van der Waals surface area contributed by atoms with Gasteiger partial charge in [0.15, 0.2) is 0 Å². The van der Waals surface area contributed by atoms with Gasteiger partial charge in [-0.2, -0.15) is 0 Å². The number of amides is 1. The molecule has 5 nitrogen and oxygen atoms in total. The number of hydrogen-bond donors (Lipinski definition) is 2. The normalized spacial score (nSPS) is 17.3. The standard InChI is InChI=1S/C23H25FN4O/c24-20-8-2-7-19-21(9-10-26-22(19)20)27-13-16-4-1-5-17(12-16)14-28-11-3-6-18(15-28)23(25)29/h1-2,4-5,7-10,12,18H,3,6,11,13-15H2,(H2,25,29)(H,26,27)/t18-/m1/s1. The van der Waals surface area contributed by atoms with E-state index >= 15 is 0 Å². The van der Waals surface area contributed by atoms with Gasteiger partial charge in [-0.3, -0.25) is 14.7 Å². The first kappa shape index (κ1) is 19.3. The number of para-hydroxylation sites is 1. The summed E-state index contributed by atoms with van der Waals surface area (Å²) < 4.78 is 14.0. The van der Waals surface area contributed by atoms with Gasteiger partial charge in [0.2, 0.25) is 5.91 Å². The zero-order valence-corrected chi connectivity index (χ0v) is 16.3. The SMILES string of the molecule is NC(=O)[C@@H]1CCCN(Cc2cccc(CNc3ccnc4c(F)cccc34)c2)C1. The predicted octanol–water partition coefficient (Wildman–Crippen LogP) is 3.68.